The highest BCUT2D eigenvalue weighted by Gasteiger charge is 2.16. The van der Waals surface area contributed by atoms with Crippen molar-refractivity contribution in [1.82, 2.24) is 20.5 Å². The molecule has 2 aromatic heterocycles. The second-order valence-corrected chi connectivity index (χ2v) is 6.69. The summed E-state index contributed by atoms with van der Waals surface area (Å²) in [4.78, 5) is 6.89. The maximum atomic E-state index is 5.46. The fourth-order valence-corrected chi connectivity index (χ4v) is 3.43. The third-order valence-electron chi connectivity index (χ3n) is 4.89. The number of aromatic nitrogens is 3. The van der Waals surface area contributed by atoms with Crippen LogP contribution in [0.1, 0.15) is 11.1 Å². The van der Waals surface area contributed by atoms with Gasteiger partial charge in [-0.3, -0.25) is 5.10 Å². The van der Waals surface area contributed by atoms with Crippen molar-refractivity contribution in [2.75, 3.05) is 38.3 Å². The van der Waals surface area contributed by atoms with Crippen molar-refractivity contribution in [3.05, 3.63) is 59.9 Å². The van der Waals surface area contributed by atoms with Crippen LogP contribution < -0.4 is 15.0 Å². The number of morpholine rings is 1. The van der Waals surface area contributed by atoms with Crippen LogP contribution in [0, 0.1) is 0 Å². The lowest BCUT2D eigenvalue weighted by atomic mass is 10.1. The van der Waals surface area contributed by atoms with E-state index in [0.717, 1.165) is 61.2 Å². The van der Waals surface area contributed by atoms with E-state index in [1.165, 1.54) is 5.56 Å². The van der Waals surface area contributed by atoms with Gasteiger partial charge in [-0.05, 0) is 18.2 Å². The summed E-state index contributed by atoms with van der Waals surface area (Å²) in [7, 11) is 1.68. The first-order valence-electron chi connectivity index (χ1n) is 9.49. The quantitative estimate of drug-likeness (QED) is 0.617. The number of nitrogens with one attached hydrogen (secondary N) is 2. The number of halogens is 1. The molecule has 3 aromatic rings. The van der Waals surface area contributed by atoms with Crippen LogP contribution >= 0.6 is 12.4 Å². The number of anilines is 1. The first-order chi connectivity index (χ1) is 13.8. The first kappa shape index (κ1) is 21.1. The molecule has 1 aliphatic heterocycles. The number of pyridine rings is 1. The average molecular weight is 416 g/mol. The number of hydrogen-bond acceptors (Lipinski definition) is 6. The minimum atomic E-state index is 0. The van der Waals surface area contributed by atoms with Crippen LogP contribution in [0.5, 0.6) is 5.75 Å². The number of hydrogen-bond donors (Lipinski definition) is 2. The number of aromatic amines is 1. The Labute approximate surface area is 176 Å². The van der Waals surface area contributed by atoms with E-state index < -0.39 is 0 Å². The normalized spacial score (nSPS) is 13.8. The summed E-state index contributed by atoms with van der Waals surface area (Å²) in [5, 5.41) is 10.9. The smallest absolute Gasteiger partial charge is 0.133 e. The fourth-order valence-electron chi connectivity index (χ4n) is 3.43. The van der Waals surface area contributed by atoms with Crippen molar-refractivity contribution in [3.63, 3.8) is 0 Å². The third kappa shape index (κ3) is 5.06. The molecule has 1 saturated heterocycles. The van der Waals surface area contributed by atoms with Gasteiger partial charge >= 0.3 is 0 Å². The van der Waals surface area contributed by atoms with Crippen LogP contribution in [0.3, 0.4) is 0 Å². The molecule has 0 saturated carbocycles. The molecule has 0 aliphatic carbocycles. The average Bonchev–Trinajstić information content (AvgIpc) is 3.23. The van der Waals surface area contributed by atoms with E-state index in [-0.39, 0.29) is 12.4 Å². The van der Waals surface area contributed by atoms with E-state index in [4.69, 9.17) is 9.47 Å². The van der Waals surface area contributed by atoms with Crippen LogP contribution in [-0.2, 0) is 17.8 Å². The van der Waals surface area contributed by atoms with Crippen LogP contribution in [0.25, 0.3) is 11.3 Å². The van der Waals surface area contributed by atoms with Gasteiger partial charge in [-0.25, -0.2) is 4.98 Å². The lowest BCUT2D eigenvalue weighted by molar-refractivity contribution is 0.122. The van der Waals surface area contributed by atoms with Gasteiger partial charge in [-0.2, -0.15) is 5.10 Å². The topological polar surface area (TPSA) is 75.3 Å². The Kier molecular flexibility index (Phi) is 7.46. The van der Waals surface area contributed by atoms with Gasteiger partial charge in [0.25, 0.3) is 0 Å². The number of ether oxygens (including phenoxy) is 2. The lowest BCUT2D eigenvalue weighted by Gasteiger charge is -2.29. The Morgan fingerprint density at radius 1 is 1.14 bits per heavy atom. The molecule has 1 aliphatic rings. The number of rotatable bonds is 7. The van der Waals surface area contributed by atoms with Gasteiger partial charge in [0, 0.05) is 49.1 Å². The zero-order valence-electron chi connectivity index (χ0n) is 16.4. The standard InChI is InChI=1S/C21H25N5O2.ClH/c1-27-19-6-2-4-16(12-19)20-18(15-24-25-20)14-22-13-17-5-3-7-23-21(17)26-8-10-28-11-9-26;/h2-7,12,15,22H,8-11,13-14H2,1H3,(H,24,25);1H. The molecule has 4 rings (SSSR count). The Morgan fingerprint density at radius 3 is 2.79 bits per heavy atom. The minimum absolute atomic E-state index is 0. The Balaban J connectivity index is 0.00000240. The fraction of sp³-hybridized carbons (Fsp3) is 0.333. The Bertz CT molecular complexity index is 911. The van der Waals surface area contributed by atoms with Gasteiger partial charge in [0.05, 0.1) is 32.2 Å². The molecule has 1 fully saturated rings. The highest BCUT2D eigenvalue weighted by Crippen LogP contribution is 2.25. The van der Waals surface area contributed by atoms with Crippen molar-refractivity contribution in [1.29, 1.82) is 0 Å². The van der Waals surface area contributed by atoms with Crippen molar-refractivity contribution < 1.29 is 9.47 Å². The highest BCUT2D eigenvalue weighted by atomic mass is 35.5. The largest absolute Gasteiger partial charge is 0.497 e. The molecular weight excluding hydrogens is 390 g/mol. The summed E-state index contributed by atoms with van der Waals surface area (Å²) in [5.41, 5.74) is 4.37. The van der Waals surface area contributed by atoms with E-state index in [2.05, 4.69) is 37.5 Å². The molecule has 154 valence electrons. The van der Waals surface area contributed by atoms with Gasteiger partial charge in [0.15, 0.2) is 0 Å². The van der Waals surface area contributed by atoms with E-state index in [9.17, 15) is 0 Å². The van der Waals surface area contributed by atoms with Crippen molar-refractivity contribution in [2.24, 2.45) is 0 Å². The first-order valence-corrected chi connectivity index (χ1v) is 9.49. The molecular formula is C21H26ClN5O2. The number of methoxy groups -OCH3 is 1. The molecule has 1 aromatic carbocycles. The van der Waals surface area contributed by atoms with Gasteiger partial charge < -0.3 is 19.7 Å². The zero-order chi connectivity index (χ0) is 19.2. The Morgan fingerprint density at radius 2 is 1.97 bits per heavy atom. The van der Waals surface area contributed by atoms with E-state index >= 15 is 0 Å². The molecule has 8 heteroatoms. The molecule has 0 amide bonds. The Hall–Kier alpha value is -2.61. The second kappa shape index (κ2) is 10.2. The molecule has 7 nitrogen and oxygen atoms in total. The molecule has 0 bridgehead atoms. The summed E-state index contributed by atoms with van der Waals surface area (Å²) < 4.78 is 10.8. The maximum Gasteiger partial charge on any atom is 0.133 e. The van der Waals surface area contributed by atoms with Crippen molar-refractivity contribution in [2.45, 2.75) is 13.1 Å². The summed E-state index contributed by atoms with van der Waals surface area (Å²) in [6.07, 6.45) is 3.72. The van der Waals surface area contributed by atoms with Gasteiger partial charge in [-0.15, -0.1) is 12.4 Å². The van der Waals surface area contributed by atoms with E-state index in [1.54, 1.807) is 7.11 Å². The maximum absolute atomic E-state index is 5.46. The van der Waals surface area contributed by atoms with E-state index in [0.29, 0.717) is 6.54 Å². The van der Waals surface area contributed by atoms with E-state index in [1.807, 2.05) is 36.7 Å². The minimum Gasteiger partial charge on any atom is -0.497 e. The lowest BCUT2D eigenvalue weighted by Crippen LogP contribution is -2.37. The van der Waals surface area contributed by atoms with Gasteiger partial charge in [-0.1, -0.05) is 18.2 Å². The summed E-state index contributed by atoms with van der Waals surface area (Å²) in [5.74, 6) is 1.87. The zero-order valence-corrected chi connectivity index (χ0v) is 17.2. The van der Waals surface area contributed by atoms with Crippen molar-refractivity contribution in [3.8, 4) is 17.0 Å². The molecule has 29 heavy (non-hydrogen) atoms. The molecule has 0 unspecified atom stereocenters. The summed E-state index contributed by atoms with van der Waals surface area (Å²) >= 11 is 0. The predicted octanol–water partition coefficient (Wildman–Crippen LogP) is 3.03. The third-order valence-corrected chi connectivity index (χ3v) is 4.89. The molecule has 0 spiro atoms. The van der Waals surface area contributed by atoms with Crippen molar-refractivity contribution >= 4 is 18.2 Å². The summed E-state index contributed by atoms with van der Waals surface area (Å²) in [6.45, 7) is 4.71. The molecule has 0 atom stereocenters. The molecule has 3 heterocycles. The van der Waals surface area contributed by atoms with Crippen LogP contribution in [0.15, 0.2) is 48.8 Å². The number of nitrogens with zero attached hydrogens (tertiary/aromatic N) is 3. The summed E-state index contributed by atoms with van der Waals surface area (Å²) in [6, 6.07) is 12.1. The van der Waals surface area contributed by atoms with Crippen LogP contribution in [-0.4, -0.2) is 48.6 Å². The van der Waals surface area contributed by atoms with Crippen LogP contribution in [0.4, 0.5) is 5.82 Å². The second-order valence-electron chi connectivity index (χ2n) is 6.69. The predicted molar refractivity (Wildman–Crippen MR) is 116 cm³/mol. The number of benzene rings is 1. The highest BCUT2D eigenvalue weighted by molar-refractivity contribution is 5.85. The van der Waals surface area contributed by atoms with Crippen LogP contribution in [0.2, 0.25) is 0 Å². The number of H-pyrrole nitrogens is 1. The SMILES string of the molecule is COc1cccc(-c2[nH]ncc2CNCc2cccnc2N2CCOCC2)c1.Cl. The monoisotopic (exact) mass is 415 g/mol. The molecule has 0 radical (unpaired) electrons. The van der Waals surface area contributed by atoms with Gasteiger partial charge in [0.2, 0.25) is 0 Å². The molecule has 2 N–H and O–H groups in total. The van der Waals surface area contributed by atoms with Gasteiger partial charge in [0.1, 0.15) is 11.6 Å².